The SMILES string of the molecule is C=CC(C=CC=NC)c1c(C(=O)Nc2ccc(Oc3ccnc4cc(OC)ccc34)c(F)c2)c(=O)n(Cc2ccccc2)n1C. The molecule has 3 aromatic carbocycles. The first-order valence-electron chi connectivity index (χ1n) is 14.1. The summed E-state index contributed by atoms with van der Waals surface area (Å²) >= 11 is 0. The second-order valence-electron chi connectivity index (χ2n) is 10.1. The number of aromatic nitrogens is 3. The van der Waals surface area contributed by atoms with E-state index < -0.39 is 23.2 Å². The lowest BCUT2D eigenvalue weighted by molar-refractivity contribution is 0.102. The number of nitrogens with zero attached hydrogens (tertiary/aromatic N) is 4. The van der Waals surface area contributed by atoms with E-state index in [4.69, 9.17) is 9.47 Å². The van der Waals surface area contributed by atoms with Crippen LogP contribution >= 0.6 is 0 Å². The van der Waals surface area contributed by atoms with Crippen LogP contribution < -0.4 is 20.3 Å². The van der Waals surface area contributed by atoms with Crippen LogP contribution in [0, 0.1) is 5.82 Å². The lowest BCUT2D eigenvalue weighted by Crippen LogP contribution is -2.27. The van der Waals surface area contributed by atoms with Gasteiger partial charge in [-0.3, -0.25) is 24.2 Å². The number of methoxy groups -OCH3 is 1. The van der Waals surface area contributed by atoms with Gasteiger partial charge in [-0.2, -0.15) is 0 Å². The quantitative estimate of drug-likeness (QED) is 0.137. The molecule has 0 aliphatic rings. The van der Waals surface area contributed by atoms with E-state index in [1.807, 2.05) is 30.3 Å². The third-order valence-corrected chi connectivity index (χ3v) is 7.26. The molecule has 0 aliphatic heterocycles. The second-order valence-corrected chi connectivity index (χ2v) is 10.1. The van der Waals surface area contributed by atoms with Gasteiger partial charge in [0.2, 0.25) is 0 Å². The highest BCUT2D eigenvalue weighted by molar-refractivity contribution is 6.05. The van der Waals surface area contributed by atoms with Crippen molar-refractivity contribution >= 4 is 28.7 Å². The number of benzene rings is 3. The topological polar surface area (TPSA) is 99.7 Å². The Morgan fingerprint density at radius 3 is 2.62 bits per heavy atom. The molecule has 0 saturated heterocycles. The Labute approximate surface area is 259 Å². The lowest BCUT2D eigenvalue weighted by Gasteiger charge is -2.14. The van der Waals surface area contributed by atoms with Gasteiger partial charge in [0, 0.05) is 55.6 Å². The number of nitrogens with one attached hydrogen (secondary N) is 1. The maximum Gasteiger partial charge on any atom is 0.280 e. The zero-order valence-corrected chi connectivity index (χ0v) is 25.1. The Morgan fingerprint density at radius 1 is 1.11 bits per heavy atom. The van der Waals surface area contributed by atoms with E-state index in [9.17, 15) is 9.59 Å². The molecule has 1 N–H and O–H groups in total. The molecule has 10 heteroatoms. The first kappa shape index (κ1) is 30.7. The summed E-state index contributed by atoms with van der Waals surface area (Å²) in [5.41, 5.74) is 1.55. The highest BCUT2D eigenvalue weighted by Crippen LogP contribution is 2.33. The zero-order chi connectivity index (χ0) is 31.9. The fraction of sp³-hybridized carbons (Fsp3) is 0.143. The van der Waals surface area contributed by atoms with Crippen LogP contribution in [0.25, 0.3) is 10.9 Å². The highest BCUT2D eigenvalue weighted by Gasteiger charge is 2.27. The summed E-state index contributed by atoms with van der Waals surface area (Å²) in [6.07, 6.45) is 8.33. The van der Waals surface area contributed by atoms with Crippen molar-refractivity contribution in [1.29, 1.82) is 0 Å². The van der Waals surface area contributed by atoms with E-state index >= 15 is 4.39 Å². The average Bonchev–Trinajstić information content (AvgIpc) is 3.29. The van der Waals surface area contributed by atoms with E-state index in [1.165, 1.54) is 16.8 Å². The number of ether oxygens (including phenoxy) is 2. The molecule has 5 rings (SSSR count). The summed E-state index contributed by atoms with van der Waals surface area (Å²) in [6, 6.07) is 20.5. The third-order valence-electron chi connectivity index (χ3n) is 7.26. The number of aliphatic imine (C=N–C) groups is 1. The number of carbonyl (C=O) groups excluding carboxylic acids is 1. The van der Waals surface area contributed by atoms with Gasteiger partial charge >= 0.3 is 0 Å². The molecule has 1 amide bonds. The fourth-order valence-corrected chi connectivity index (χ4v) is 5.02. The summed E-state index contributed by atoms with van der Waals surface area (Å²) in [6.45, 7) is 4.17. The molecule has 228 valence electrons. The molecule has 0 spiro atoms. The molecule has 0 saturated carbocycles. The largest absolute Gasteiger partial charge is 0.497 e. The summed E-state index contributed by atoms with van der Waals surface area (Å²) < 4.78 is 29.6. The van der Waals surface area contributed by atoms with Crippen LogP contribution in [0.4, 0.5) is 10.1 Å². The number of hydrogen-bond donors (Lipinski definition) is 1. The number of anilines is 1. The Bertz CT molecular complexity index is 1980. The predicted octanol–water partition coefficient (Wildman–Crippen LogP) is 6.50. The van der Waals surface area contributed by atoms with Gasteiger partial charge in [0.25, 0.3) is 11.5 Å². The number of rotatable bonds is 11. The summed E-state index contributed by atoms with van der Waals surface area (Å²) in [4.78, 5) is 35.8. The van der Waals surface area contributed by atoms with E-state index in [-0.39, 0.29) is 23.5 Å². The van der Waals surface area contributed by atoms with Gasteiger partial charge in [0.1, 0.15) is 17.1 Å². The first-order valence-corrected chi connectivity index (χ1v) is 14.1. The smallest absolute Gasteiger partial charge is 0.280 e. The van der Waals surface area contributed by atoms with Crippen LogP contribution in [0.2, 0.25) is 0 Å². The third kappa shape index (κ3) is 6.59. The normalized spacial score (nSPS) is 12.1. The van der Waals surface area contributed by atoms with Crippen molar-refractivity contribution < 1.29 is 18.7 Å². The van der Waals surface area contributed by atoms with Gasteiger partial charge in [0.05, 0.1) is 24.9 Å². The number of amides is 1. The van der Waals surface area contributed by atoms with Crippen molar-refractivity contribution in [2.75, 3.05) is 19.5 Å². The monoisotopic (exact) mass is 605 g/mol. The van der Waals surface area contributed by atoms with Gasteiger partial charge in [0.15, 0.2) is 11.6 Å². The van der Waals surface area contributed by atoms with Crippen molar-refractivity contribution in [2.45, 2.75) is 12.5 Å². The molecular weight excluding hydrogens is 573 g/mol. The van der Waals surface area contributed by atoms with Crippen LogP contribution in [0.3, 0.4) is 0 Å². The van der Waals surface area contributed by atoms with Crippen molar-refractivity contribution in [3.8, 4) is 17.2 Å². The molecule has 0 bridgehead atoms. The number of hydrogen-bond acceptors (Lipinski definition) is 6. The average molecular weight is 606 g/mol. The van der Waals surface area contributed by atoms with Gasteiger partial charge in [-0.05, 0) is 42.0 Å². The molecule has 5 aromatic rings. The maximum atomic E-state index is 15.3. The summed E-state index contributed by atoms with van der Waals surface area (Å²) in [5.74, 6) is -0.867. The number of halogens is 1. The molecule has 2 aromatic heterocycles. The molecular formula is C35H32FN5O4. The minimum Gasteiger partial charge on any atom is -0.497 e. The van der Waals surface area contributed by atoms with Gasteiger partial charge in [-0.25, -0.2) is 9.07 Å². The predicted molar refractivity (Wildman–Crippen MR) is 174 cm³/mol. The van der Waals surface area contributed by atoms with E-state index in [1.54, 1.807) is 80.8 Å². The molecule has 0 aliphatic carbocycles. The van der Waals surface area contributed by atoms with Crippen LogP contribution in [0.5, 0.6) is 17.2 Å². The number of carbonyl (C=O) groups is 1. The Hall–Kier alpha value is -5.77. The molecule has 0 radical (unpaired) electrons. The van der Waals surface area contributed by atoms with Crippen LogP contribution in [0.15, 0.2) is 114 Å². The van der Waals surface area contributed by atoms with Crippen LogP contribution in [-0.2, 0) is 13.6 Å². The van der Waals surface area contributed by atoms with Crippen molar-refractivity contribution in [2.24, 2.45) is 12.0 Å². The fourth-order valence-electron chi connectivity index (χ4n) is 5.02. The van der Waals surface area contributed by atoms with Gasteiger partial charge < -0.3 is 14.8 Å². The van der Waals surface area contributed by atoms with Crippen LogP contribution in [0.1, 0.15) is 27.5 Å². The summed E-state index contributed by atoms with van der Waals surface area (Å²) in [7, 11) is 4.93. The van der Waals surface area contributed by atoms with Gasteiger partial charge in [-0.1, -0.05) is 42.5 Å². The first-order chi connectivity index (χ1) is 21.8. The van der Waals surface area contributed by atoms with Gasteiger partial charge in [-0.15, -0.1) is 6.58 Å². The molecule has 2 heterocycles. The maximum absolute atomic E-state index is 15.3. The Morgan fingerprint density at radius 2 is 1.91 bits per heavy atom. The number of allylic oxidation sites excluding steroid dienone is 3. The molecule has 1 unspecified atom stereocenters. The second kappa shape index (κ2) is 13.7. The minimum absolute atomic E-state index is 0.0450. The molecule has 1 atom stereocenters. The highest BCUT2D eigenvalue weighted by atomic mass is 19.1. The molecule has 45 heavy (non-hydrogen) atoms. The number of fused-ring (bicyclic) bond motifs is 1. The Kier molecular flexibility index (Phi) is 9.33. The minimum atomic E-state index is -0.702. The van der Waals surface area contributed by atoms with E-state index in [2.05, 4.69) is 21.9 Å². The Balaban J connectivity index is 1.46. The standard InChI is InChI=1S/C35H32FN5O4/c1-5-24(12-9-18-37-2)33-32(35(43)41(40(33)3)22-23-10-7-6-8-11-23)34(42)39-25-13-16-31(28(36)20-25)45-30-17-19-38-29-21-26(44-4)14-15-27(29)30/h5-21,24H,1,22H2,2-4H3,(H,39,42). The number of pyridine rings is 1. The summed E-state index contributed by atoms with van der Waals surface area (Å²) in [5, 5.41) is 3.37. The van der Waals surface area contributed by atoms with Crippen LogP contribution in [-0.4, -0.2) is 40.6 Å². The van der Waals surface area contributed by atoms with E-state index in [0.29, 0.717) is 28.1 Å². The van der Waals surface area contributed by atoms with Crippen molar-refractivity contribution in [3.63, 3.8) is 0 Å². The lowest BCUT2D eigenvalue weighted by atomic mass is 10.0. The van der Waals surface area contributed by atoms with E-state index in [0.717, 1.165) is 11.6 Å². The molecule has 0 fully saturated rings. The molecule has 9 nitrogen and oxygen atoms in total. The van der Waals surface area contributed by atoms with Crippen molar-refractivity contribution in [1.82, 2.24) is 14.3 Å². The van der Waals surface area contributed by atoms with Crippen molar-refractivity contribution in [3.05, 3.63) is 137 Å². The zero-order valence-electron chi connectivity index (χ0n) is 25.1.